The van der Waals surface area contributed by atoms with E-state index in [1.54, 1.807) is 0 Å². The highest BCUT2D eigenvalue weighted by Crippen LogP contribution is 2.13. The molecule has 0 amide bonds. The Labute approximate surface area is 123 Å². The van der Waals surface area contributed by atoms with Crippen LogP contribution in [0.2, 0.25) is 0 Å². The van der Waals surface area contributed by atoms with E-state index in [1.165, 1.54) is 16.7 Å². The summed E-state index contributed by atoms with van der Waals surface area (Å²) in [5.74, 6) is 0.650. The molecule has 0 heterocycles. The number of rotatable bonds is 7. The third-order valence-electron chi connectivity index (χ3n) is 2.99. The summed E-state index contributed by atoms with van der Waals surface area (Å²) in [6.45, 7) is 11.8. The van der Waals surface area contributed by atoms with Gasteiger partial charge >= 0.3 is 0 Å². The molecule has 19 heavy (non-hydrogen) atoms. The maximum Gasteiger partial charge on any atom is 0.0740 e. The fourth-order valence-electron chi connectivity index (χ4n) is 2.44. The van der Waals surface area contributed by atoms with Crippen LogP contribution in [0.15, 0.2) is 18.2 Å². The fourth-order valence-corrected chi connectivity index (χ4v) is 2.53. The van der Waals surface area contributed by atoms with Crippen LogP contribution in [0.4, 0.5) is 0 Å². The summed E-state index contributed by atoms with van der Waals surface area (Å²) in [7, 11) is 0. The summed E-state index contributed by atoms with van der Waals surface area (Å²) < 4.78 is 0. The predicted octanol–water partition coefficient (Wildman–Crippen LogP) is 3.44. The van der Waals surface area contributed by atoms with Gasteiger partial charge in [0.1, 0.15) is 0 Å². The molecule has 0 radical (unpaired) electrons. The molecule has 1 aromatic rings. The minimum atomic E-state index is 0.606. The minimum Gasteiger partial charge on any atom is -0.393 e. The highest BCUT2D eigenvalue weighted by Gasteiger charge is 2.09. The average Bonchev–Trinajstić information content (AvgIpc) is 2.23. The Bertz CT molecular complexity index is 407. The van der Waals surface area contributed by atoms with Crippen LogP contribution < -0.4 is 5.73 Å². The smallest absolute Gasteiger partial charge is 0.0740 e. The van der Waals surface area contributed by atoms with Crippen molar-refractivity contribution >= 4 is 17.2 Å². The summed E-state index contributed by atoms with van der Waals surface area (Å²) >= 11 is 4.98. The van der Waals surface area contributed by atoms with Gasteiger partial charge in [-0.05, 0) is 25.3 Å². The first-order valence-corrected chi connectivity index (χ1v) is 7.35. The molecule has 0 fully saturated rings. The molecule has 3 heteroatoms. The normalized spacial score (nSPS) is 11.3. The summed E-state index contributed by atoms with van der Waals surface area (Å²) in [6, 6.07) is 6.74. The molecule has 1 aromatic carbocycles. The van der Waals surface area contributed by atoms with Gasteiger partial charge in [0.15, 0.2) is 0 Å². The molecule has 0 saturated heterocycles. The lowest BCUT2D eigenvalue weighted by molar-refractivity contribution is 0.242. The van der Waals surface area contributed by atoms with E-state index in [9.17, 15) is 0 Å². The molecule has 0 aliphatic carbocycles. The number of thiocarbonyl (C=S) groups is 1. The van der Waals surface area contributed by atoms with Gasteiger partial charge in [-0.25, -0.2) is 0 Å². The largest absolute Gasteiger partial charge is 0.393 e. The van der Waals surface area contributed by atoms with Gasteiger partial charge in [-0.2, -0.15) is 0 Å². The molecule has 0 aliphatic rings. The Morgan fingerprint density at radius 1 is 1.21 bits per heavy atom. The molecule has 2 N–H and O–H groups in total. The predicted molar refractivity (Wildman–Crippen MR) is 87.4 cm³/mol. The zero-order chi connectivity index (χ0) is 14.4. The molecular formula is C16H26N2S. The van der Waals surface area contributed by atoms with Crippen LogP contribution in [-0.2, 0) is 6.54 Å². The standard InChI is InChI=1S/C16H26N2S/c1-12(2)10-18(6-5-16(17)19)11-15-8-13(3)7-14(4)9-15/h7-9,12H,5-6,10-11H2,1-4H3,(H2,17,19). The lowest BCUT2D eigenvalue weighted by Crippen LogP contribution is -2.30. The van der Waals surface area contributed by atoms with Crippen molar-refractivity contribution in [1.82, 2.24) is 4.90 Å². The first-order valence-electron chi connectivity index (χ1n) is 6.94. The van der Waals surface area contributed by atoms with Gasteiger partial charge in [0, 0.05) is 26.1 Å². The first kappa shape index (κ1) is 16.1. The van der Waals surface area contributed by atoms with Gasteiger partial charge in [-0.1, -0.05) is 55.4 Å². The van der Waals surface area contributed by atoms with Crippen LogP contribution in [0.5, 0.6) is 0 Å². The zero-order valence-electron chi connectivity index (χ0n) is 12.6. The van der Waals surface area contributed by atoms with Crippen molar-refractivity contribution in [2.24, 2.45) is 11.7 Å². The second-order valence-corrected chi connectivity index (χ2v) is 6.37. The molecule has 106 valence electrons. The number of aryl methyl sites for hydroxylation is 2. The van der Waals surface area contributed by atoms with Crippen molar-refractivity contribution in [2.75, 3.05) is 13.1 Å². The average molecular weight is 278 g/mol. The molecule has 2 nitrogen and oxygen atoms in total. The number of hydrogen-bond acceptors (Lipinski definition) is 2. The number of hydrogen-bond donors (Lipinski definition) is 1. The Morgan fingerprint density at radius 3 is 2.26 bits per heavy atom. The summed E-state index contributed by atoms with van der Waals surface area (Å²) in [5.41, 5.74) is 9.65. The van der Waals surface area contributed by atoms with Crippen LogP contribution in [0.1, 0.15) is 37.0 Å². The molecule has 0 atom stereocenters. The summed E-state index contributed by atoms with van der Waals surface area (Å²) in [4.78, 5) is 3.05. The molecular weight excluding hydrogens is 252 g/mol. The minimum absolute atomic E-state index is 0.606. The fraction of sp³-hybridized carbons (Fsp3) is 0.562. The van der Waals surface area contributed by atoms with E-state index in [0.29, 0.717) is 10.9 Å². The van der Waals surface area contributed by atoms with Crippen molar-refractivity contribution in [2.45, 2.75) is 40.7 Å². The van der Waals surface area contributed by atoms with Crippen molar-refractivity contribution in [1.29, 1.82) is 0 Å². The van der Waals surface area contributed by atoms with E-state index < -0.39 is 0 Å². The van der Waals surface area contributed by atoms with E-state index in [4.69, 9.17) is 18.0 Å². The zero-order valence-corrected chi connectivity index (χ0v) is 13.4. The lowest BCUT2D eigenvalue weighted by atomic mass is 10.1. The molecule has 0 bridgehead atoms. The Hall–Kier alpha value is -0.930. The maximum absolute atomic E-state index is 5.62. The van der Waals surface area contributed by atoms with Gasteiger partial charge in [0.2, 0.25) is 0 Å². The lowest BCUT2D eigenvalue weighted by Gasteiger charge is -2.24. The Morgan fingerprint density at radius 2 is 1.79 bits per heavy atom. The first-order chi connectivity index (χ1) is 8.86. The van der Waals surface area contributed by atoms with Crippen molar-refractivity contribution in [3.63, 3.8) is 0 Å². The monoisotopic (exact) mass is 278 g/mol. The van der Waals surface area contributed by atoms with E-state index in [1.807, 2.05) is 0 Å². The third-order valence-corrected chi connectivity index (χ3v) is 3.19. The quantitative estimate of drug-likeness (QED) is 0.775. The van der Waals surface area contributed by atoms with Crippen molar-refractivity contribution in [3.8, 4) is 0 Å². The second kappa shape index (κ2) is 7.61. The number of benzene rings is 1. The maximum atomic E-state index is 5.62. The van der Waals surface area contributed by atoms with E-state index >= 15 is 0 Å². The van der Waals surface area contributed by atoms with Crippen LogP contribution in [-0.4, -0.2) is 23.0 Å². The number of nitrogens with two attached hydrogens (primary N) is 1. The van der Waals surface area contributed by atoms with Gasteiger partial charge in [0.05, 0.1) is 4.99 Å². The molecule has 0 saturated carbocycles. The van der Waals surface area contributed by atoms with Crippen LogP contribution >= 0.6 is 12.2 Å². The van der Waals surface area contributed by atoms with Gasteiger partial charge in [-0.3, -0.25) is 4.90 Å². The molecule has 0 aromatic heterocycles. The van der Waals surface area contributed by atoms with E-state index in [0.717, 1.165) is 26.1 Å². The highest BCUT2D eigenvalue weighted by atomic mass is 32.1. The highest BCUT2D eigenvalue weighted by molar-refractivity contribution is 7.80. The van der Waals surface area contributed by atoms with Crippen LogP contribution in [0.3, 0.4) is 0 Å². The van der Waals surface area contributed by atoms with Gasteiger partial charge in [-0.15, -0.1) is 0 Å². The molecule has 0 spiro atoms. The second-order valence-electron chi connectivity index (χ2n) is 5.84. The summed E-state index contributed by atoms with van der Waals surface area (Å²) in [6.07, 6.45) is 0.798. The van der Waals surface area contributed by atoms with E-state index in [-0.39, 0.29) is 0 Å². The van der Waals surface area contributed by atoms with E-state index in [2.05, 4.69) is 50.8 Å². The third kappa shape index (κ3) is 6.69. The van der Waals surface area contributed by atoms with Gasteiger partial charge in [0.25, 0.3) is 0 Å². The van der Waals surface area contributed by atoms with Crippen LogP contribution in [0.25, 0.3) is 0 Å². The Balaban J connectivity index is 2.71. The Kier molecular flexibility index (Phi) is 6.46. The molecule has 1 rings (SSSR count). The number of nitrogens with zero attached hydrogens (tertiary/aromatic N) is 1. The van der Waals surface area contributed by atoms with Gasteiger partial charge < -0.3 is 5.73 Å². The van der Waals surface area contributed by atoms with Crippen molar-refractivity contribution < 1.29 is 0 Å². The topological polar surface area (TPSA) is 29.3 Å². The summed E-state index contributed by atoms with van der Waals surface area (Å²) in [5, 5.41) is 0. The SMILES string of the molecule is Cc1cc(C)cc(CN(CCC(N)=S)CC(C)C)c1. The van der Waals surface area contributed by atoms with Crippen LogP contribution in [0, 0.1) is 19.8 Å². The molecule has 0 unspecified atom stereocenters. The van der Waals surface area contributed by atoms with Crippen molar-refractivity contribution in [3.05, 3.63) is 34.9 Å². The molecule has 0 aliphatic heterocycles.